The van der Waals surface area contributed by atoms with Gasteiger partial charge in [-0.15, -0.1) is 5.10 Å². The van der Waals surface area contributed by atoms with Crippen LogP contribution in [-0.4, -0.2) is 54.1 Å². The molecule has 6 nitrogen and oxygen atoms in total. The highest BCUT2D eigenvalue weighted by Crippen LogP contribution is 2.16. The Balaban J connectivity index is 1.60. The number of rotatable bonds is 3. The van der Waals surface area contributed by atoms with E-state index in [1.165, 1.54) is 6.42 Å². The Hall–Kier alpha value is -1.14. The molecule has 2 N–H and O–H groups in total. The van der Waals surface area contributed by atoms with Gasteiger partial charge in [0.1, 0.15) is 5.82 Å². The van der Waals surface area contributed by atoms with Crippen LogP contribution in [0, 0.1) is 0 Å². The van der Waals surface area contributed by atoms with Gasteiger partial charge >= 0.3 is 0 Å². The van der Waals surface area contributed by atoms with E-state index in [0.29, 0.717) is 6.10 Å². The molecule has 0 aliphatic carbocycles. The van der Waals surface area contributed by atoms with Gasteiger partial charge in [0.2, 0.25) is 5.95 Å². The smallest absolute Gasteiger partial charge is 0.244 e. The second-order valence-electron chi connectivity index (χ2n) is 5.01. The van der Waals surface area contributed by atoms with E-state index < -0.39 is 0 Å². The molecule has 1 unspecified atom stereocenters. The number of aromatic nitrogens is 3. The van der Waals surface area contributed by atoms with E-state index in [2.05, 4.69) is 25.4 Å². The molecule has 0 bridgehead atoms. The normalized spacial score (nSPS) is 25.3. The summed E-state index contributed by atoms with van der Waals surface area (Å²) in [7, 11) is 0. The van der Waals surface area contributed by atoms with Gasteiger partial charge in [0.15, 0.2) is 0 Å². The van der Waals surface area contributed by atoms with Crippen LogP contribution in [0.1, 0.15) is 25.1 Å². The van der Waals surface area contributed by atoms with E-state index in [9.17, 15) is 0 Å². The fourth-order valence-corrected chi connectivity index (χ4v) is 2.58. The Labute approximate surface area is 107 Å². The Morgan fingerprint density at radius 3 is 3.17 bits per heavy atom. The highest BCUT2D eigenvalue weighted by atomic mass is 16.5. The summed E-state index contributed by atoms with van der Waals surface area (Å²) in [5.74, 6) is 1.79. The molecule has 1 aromatic heterocycles. The standard InChI is InChI=1S/C12H21N5O/c1-3-10(18-8-1)9-11-14-12(16-15-11)17-6-2-4-13-5-7-17/h10,13H,1-9H2,(H,14,15,16). The Morgan fingerprint density at radius 2 is 2.28 bits per heavy atom. The SMILES string of the molecule is C1COC(Cc2nc(N3CCCNCC3)n[nH]2)C1. The molecular formula is C12H21N5O. The Kier molecular flexibility index (Phi) is 3.75. The van der Waals surface area contributed by atoms with Gasteiger partial charge in [0.05, 0.1) is 6.10 Å². The van der Waals surface area contributed by atoms with Crippen LogP contribution in [-0.2, 0) is 11.2 Å². The molecule has 18 heavy (non-hydrogen) atoms. The fraction of sp³-hybridized carbons (Fsp3) is 0.833. The molecule has 3 heterocycles. The first-order chi connectivity index (χ1) is 8.92. The average Bonchev–Trinajstić information content (AvgIpc) is 2.97. The molecule has 0 amide bonds. The monoisotopic (exact) mass is 251 g/mol. The van der Waals surface area contributed by atoms with Crippen molar-refractivity contribution in [2.45, 2.75) is 31.8 Å². The molecule has 2 aliphatic rings. The summed E-state index contributed by atoms with van der Waals surface area (Å²) in [5.41, 5.74) is 0. The van der Waals surface area contributed by atoms with Crippen molar-refractivity contribution in [3.8, 4) is 0 Å². The van der Waals surface area contributed by atoms with Crippen LogP contribution in [0.2, 0.25) is 0 Å². The van der Waals surface area contributed by atoms with Crippen molar-refractivity contribution >= 4 is 5.95 Å². The maximum absolute atomic E-state index is 5.62. The third kappa shape index (κ3) is 2.81. The van der Waals surface area contributed by atoms with Gasteiger partial charge in [-0.2, -0.15) is 4.98 Å². The van der Waals surface area contributed by atoms with Crippen LogP contribution in [0.25, 0.3) is 0 Å². The van der Waals surface area contributed by atoms with Gasteiger partial charge in [-0.25, -0.2) is 0 Å². The predicted molar refractivity (Wildman–Crippen MR) is 68.8 cm³/mol. The number of hydrogen-bond donors (Lipinski definition) is 2. The number of aromatic amines is 1. The van der Waals surface area contributed by atoms with Crippen molar-refractivity contribution < 1.29 is 4.74 Å². The van der Waals surface area contributed by atoms with Crippen LogP contribution in [0.15, 0.2) is 0 Å². The molecule has 1 aromatic rings. The van der Waals surface area contributed by atoms with Gasteiger partial charge in [-0.3, -0.25) is 5.10 Å². The molecule has 0 saturated carbocycles. The van der Waals surface area contributed by atoms with Crippen LogP contribution in [0.4, 0.5) is 5.95 Å². The van der Waals surface area contributed by atoms with Crippen molar-refractivity contribution in [3.63, 3.8) is 0 Å². The van der Waals surface area contributed by atoms with Crippen LogP contribution >= 0.6 is 0 Å². The van der Waals surface area contributed by atoms with Crippen molar-refractivity contribution in [1.29, 1.82) is 0 Å². The molecule has 1 atom stereocenters. The first kappa shape index (κ1) is 11.9. The molecule has 0 radical (unpaired) electrons. The lowest BCUT2D eigenvalue weighted by atomic mass is 10.2. The third-order valence-corrected chi connectivity index (χ3v) is 3.59. The predicted octanol–water partition coefficient (Wildman–Crippen LogP) is 0.326. The second-order valence-corrected chi connectivity index (χ2v) is 5.01. The Bertz CT molecular complexity index is 366. The summed E-state index contributed by atoms with van der Waals surface area (Å²) >= 11 is 0. The lowest BCUT2D eigenvalue weighted by molar-refractivity contribution is 0.110. The van der Waals surface area contributed by atoms with Crippen molar-refractivity contribution in [1.82, 2.24) is 20.5 Å². The van der Waals surface area contributed by atoms with Crippen LogP contribution < -0.4 is 10.2 Å². The van der Waals surface area contributed by atoms with Crippen LogP contribution in [0.5, 0.6) is 0 Å². The number of ether oxygens (including phenoxy) is 1. The summed E-state index contributed by atoms with van der Waals surface area (Å²) in [4.78, 5) is 6.84. The fourth-order valence-electron chi connectivity index (χ4n) is 2.58. The Morgan fingerprint density at radius 1 is 1.28 bits per heavy atom. The van der Waals surface area contributed by atoms with Gasteiger partial charge in [0, 0.05) is 32.7 Å². The lowest BCUT2D eigenvalue weighted by Crippen LogP contribution is -2.28. The second kappa shape index (κ2) is 5.67. The van der Waals surface area contributed by atoms with E-state index >= 15 is 0 Å². The number of H-pyrrole nitrogens is 1. The minimum Gasteiger partial charge on any atom is -0.378 e. The summed E-state index contributed by atoms with van der Waals surface area (Å²) in [6.45, 7) is 5.00. The summed E-state index contributed by atoms with van der Waals surface area (Å²) < 4.78 is 5.62. The molecule has 2 aliphatic heterocycles. The maximum atomic E-state index is 5.62. The van der Waals surface area contributed by atoms with Crippen molar-refractivity contribution in [2.75, 3.05) is 37.7 Å². The molecule has 0 aromatic carbocycles. The van der Waals surface area contributed by atoms with Gasteiger partial charge in [-0.05, 0) is 25.8 Å². The summed E-state index contributed by atoms with van der Waals surface area (Å²) in [6.07, 6.45) is 4.65. The number of nitrogens with one attached hydrogen (secondary N) is 2. The number of anilines is 1. The topological polar surface area (TPSA) is 66.1 Å². The van der Waals surface area contributed by atoms with Gasteiger partial charge < -0.3 is 15.0 Å². The highest BCUT2D eigenvalue weighted by molar-refractivity contribution is 5.29. The van der Waals surface area contributed by atoms with E-state index in [0.717, 1.165) is 63.8 Å². The quantitative estimate of drug-likeness (QED) is 0.810. The lowest BCUT2D eigenvalue weighted by Gasteiger charge is -2.16. The molecule has 6 heteroatoms. The average molecular weight is 251 g/mol. The zero-order valence-electron chi connectivity index (χ0n) is 10.7. The van der Waals surface area contributed by atoms with E-state index in [4.69, 9.17) is 4.74 Å². The van der Waals surface area contributed by atoms with E-state index in [1.54, 1.807) is 0 Å². The van der Waals surface area contributed by atoms with Crippen molar-refractivity contribution in [3.05, 3.63) is 5.82 Å². The highest BCUT2D eigenvalue weighted by Gasteiger charge is 2.19. The minimum atomic E-state index is 0.330. The number of nitrogens with zero attached hydrogens (tertiary/aromatic N) is 3. The van der Waals surface area contributed by atoms with E-state index in [-0.39, 0.29) is 0 Å². The van der Waals surface area contributed by atoms with Crippen molar-refractivity contribution in [2.24, 2.45) is 0 Å². The maximum Gasteiger partial charge on any atom is 0.244 e. The molecule has 0 spiro atoms. The summed E-state index contributed by atoms with van der Waals surface area (Å²) in [5, 5.41) is 10.8. The van der Waals surface area contributed by atoms with Gasteiger partial charge in [0.25, 0.3) is 0 Å². The minimum absolute atomic E-state index is 0.330. The zero-order chi connectivity index (χ0) is 12.2. The first-order valence-corrected chi connectivity index (χ1v) is 6.90. The third-order valence-electron chi connectivity index (χ3n) is 3.59. The molecule has 100 valence electrons. The van der Waals surface area contributed by atoms with E-state index in [1.807, 2.05) is 0 Å². The number of hydrogen-bond acceptors (Lipinski definition) is 5. The largest absolute Gasteiger partial charge is 0.378 e. The molecule has 2 saturated heterocycles. The summed E-state index contributed by atoms with van der Waals surface area (Å²) in [6, 6.07) is 0. The zero-order valence-corrected chi connectivity index (χ0v) is 10.7. The molecule has 3 rings (SSSR count). The molecule has 2 fully saturated rings. The van der Waals surface area contributed by atoms with Gasteiger partial charge in [-0.1, -0.05) is 0 Å². The first-order valence-electron chi connectivity index (χ1n) is 6.90. The molecular weight excluding hydrogens is 230 g/mol. The van der Waals surface area contributed by atoms with Crippen LogP contribution in [0.3, 0.4) is 0 Å².